The SMILES string of the molecule is CCC(=O)CCCCC[C@H](NC(=O)c1ccccc1-n1cnnn1)C(=O)NCCc1c[nH]c2ccccc12. The van der Waals surface area contributed by atoms with Gasteiger partial charge in [0.15, 0.2) is 0 Å². The lowest BCUT2D eigenvalue weighted by Crippen LogP contribution is -2.47. The number of carbonyl (C=O) groups is 3. The zero-order valence-corrected chi connectivity index (χ0v) is 21.5. The van der Waals surface area contributed by atoms with Crippen molar-refractivity contribution in [2.75, 3.05) is 6.54 Å². The Labute approximate surface area is 221 Å². The summed E-state index contributed by atoms with van der Waals surface area (Å²) in [5.74, 6) is -0.374. The summed E-state index contributed by atoms with van der Waals surface area (Å²) in [6.07, 6.45) is 7.89. The highest BCUT2D eigenvalue weighted by Gasteiger charge is 2.23. The Morgan fingerprint density at radius 3 is 2.66 bits per heavy atom. The molecule has 1 atom stereocenters. The van der Waals surface area contributed by atoms with Crippen LogP contribution in [0.5, 0.6) is 0 Å². The van der Waals surface area contributed by atoms with E-state index in [0.29, 0.717) is 49.9 Å². The maximum atomic E-state index is 13.3. The third-order valence-corrected chi connectivity index (χ3v) is 6.58. The van der Waals surface area contributed by atoms with Gasteiger partial charge in [0.25, 0.3) is 5.91 Å². The van der Waals surface area contributed by atoms with Gasteiger partial charge in [0.2, 0.25) is 5.91 Å². The largest absolute Gasteiger partial charge is 0.361 e. The number of hydrogen-bond donors (Lipinski definition) is 3. The number of aromatic nitrogens is 5. The molecule has 2 aromatic carbocycles. The highest BCUT2D eigenvalue weighted by molar-refractivity contribution is 6.00. The third-order valence-electron chi connectivity index (χ3n) is 6.58. The van der Waals surface area contributed by atoms with Crippen molar-refractivity contribution in [1.82, 2.24) is 35.8 Å². The van der Waals surface area contributed by atoms with Crippen LogP contribution in [0.2, 0.25) is 0 Å². The normalized spacial score (nSPS) is 11.8. The first-order chi connectivity index (χ1) is 18.6. The van der Waals surface area contributed by atoms with Crippen LogP contribution in [-0.4, -0.2) is 55.4 Å². The molecule has 3 N–H and O–H groups in total. The fourth-order valence-corrected chi connectivity index (χ4v) is 4.45. The summed E-state index contributed by atoms with van der Waals surface area (Å²) < 4.78 is 1.41. The summed E-state index contributed by atoms with van der Waals surface area (Å²) in [4.78, 5) is 41.3. The molecule has 0 aliphatic rings. The molecular formula is C28H33N7O3. The van der Waals surface area contributed by atoms with Crippen LogP contribution >= 0.6 is 0 Å². The highest BCUT2D eigenvalue weighted by Crippen LogP contribution is 2.18. The molecule has 0 aliphatic carbocycles. The minimum Gasteiger partial charge on any atom is -0.361 e. The Kier molecular flexibility index (Phi) is 9.33. The Hall–Kier alpha value is -4.34. The lowest BCUT2D eigenvalue weighted by Gasteiger charge is -2.19. The fourth-order valence-electron chi connectivity index (χ4n) is 4.45. The van der Waals surface area contributed by atoms with E-state index in [1.54, 1.807) is 24.3 Å². The van der Waals surface area contributed by atoms with Crippen molar-refractivity contribution in [2.45, 2.75) is 57.9 Å². The zero-order valence-electron chi connectivity index (χ0n) is 21.5. The van der Waals surface area contributed by atoms with E-state index in [-0.39, 0.29) is 17.6 Å². The molecular weight excluding hydrogens is 482 g/mol. The van der Waals surface area contributed by atoms with Crippen LogP contribution in [0.3, 0.4) is 0 Å². The molecule has 198 valence electrons. The third kappa shape index (κ3) is 6.90. The number of para-hydroxylation sites is 2. The van der Waals surface area contributed by atoms with Crippen LogP contribution < -0.4 is 10.6 Å². The second-order valence-electron chi connectivity index (χ2n) is 9.19. The van der Waals surface area contributed by atoms with Gasteiger partial charge < -0.3 is 15.6 Å². The maximum Gasteiger partial charge on any atom is 0.254 e. The molecule has 0 radical (unpaired) electrons. The lowest BCUT2D eigenvalue weighted by atomic mass is 10.0. The molecule has 4 aromatic rings. The number of nitrogens with zero attached hydrogens (tertiary/aromatic N) is 4. The zero-order chi connectivity index (χ0) is 26.7. The number of unbranched alkanes of at least 4 members (excludes halogenated alkanes) is 2. The molecule has 10 heteroatoms. The van der Waals surface area contributed by atoms with Crippen molar-refractivity contribution >= 4 is 28.5 Å². The highest BCUT2D eigenvalue weighted by atomic mass is 16.2. The van der Waals surface area contributed by atoms with E-state index in [2.05, 4.69) is 37.2 Å². The Bertz CT molecular complexity index is 1360. The molecule has 0 saturated carbocycles. The first-order valence-corrected chi connectivity index (χ1v) is 13.0. The summed E-state index contributed by atoms with van der Waals surface area (Å²) in [5.41, 5.74) is 3.07. The first kappa shape index (κ1) is 26.7. The Balaban J connectivity index is 1.40. The monoisotopic (exact) mass is 515 g/mol. The molecule has 2 aromatic heterocycles. The molecule has 0 saturated heterocycles. The Morgan fingerprint density at radius 1 is 1.03 bits per heavy atom. The minimum atomic E-state index is -0.714. The minimum absolute atomic E-state index is 0.234. The number of ketones is 1. The van der Waals surface area contributed by atoms with Crippen LogP contribution in [0.4, 0.5) is 0 Å². The summed E-state index contributed by atoms with van der Waals surface area (Å²) in [5, 5.41) is 18.2. The number of hydrogen-bond acceptors (Lipinski definition) is 6. The molecule has 38 heavy (non-hydrogen) atoms. The van der Waals surface area contributed by atoms with Gasteiger partial charge in [-0.3, -0.25) is 14.4 Å². The number of carbonyl (C=O) groups excluding carboxylic acids is 3. The molecule has 2 heterocycles. The van der Waals surface area contributed by atoms with Gasteiger partial charge >= 0.3 is 0 Å². The van der Waals surface area contributed by atoms with Gasteiger partial charge in [0.1, 0.15) is 18.2 Å². The number of Topliss-reactive ketones (excluding diaryl/α,β-unsaturated/α-hetero) is 1. The standard InChI is InChI=1S/C28H33N7O3/c1-2-21(36)10-4-3-5-14-25(28(38)29-17-16-20-18-30-24-13-8-6-11-22(20)24)32-27(37)23-12-7-9-15-26(23)35-19-31-33-34-35/h6-9,11-13,15,18-19,25,30H,2-5,10,14,16-17H2,1H3,(H,29,38)(H,32,37)/t25-/m0/s1. The average Bonchev–Trinajstić information content (AvgIpc) is 3.63. The second kappa shape index (κ2) is 13.3. The fraction of sp³-hybridized carbons (Fsp3) is 0.357. The maximum absolute atomic E-state index is 13.3. The summed E-state index contributed by atoms with van der Waals surface area (Å²) in [7, 11) is 0. The van der Waals surface area contributed by atoms with Gasteiger partial charge in [-0.15, -0.1) is 5.10 Å². The molecule has 0 fully saturated rings. The number of benzene rings is 2. The van der Waals surface area contributed by atoms with Gasteiger partial charge in [-0.1, -0.05) is 50.1 Å². The van der Waals surface area contributed by atoms with Crippen LogP contribution in [-0.2, 0) is 16.0 Å². The number of aromatic amines is 1. The molecule has 2 amide bonds. The summed E-state index contributed by atoms with van der Waals surface area (Å²) in [6, 6.07) is 14.3. The Morgan fingerprint density at radius 2 is 1.84 bits per heavy atom. The van der Waals surface area contributed by atoms with Gasteiger partial charge in [-0.2, -0.15) is 4.68 Å². The van der Waals surface area contributed by atoms with Crippen molar-refractivity contribution in [1.29, 1.82) is 0 Å². The van der Waals surface area contributed by atoms with E-state index >= 15 is 0 Å². The van der Waals surface area contributed by atoms with Crippen molar-refractivity contribution < 1.29 is 14.4 Å². The van der Waals surface area contributed by atoms with Crippen molar-refractivity contribution in [3.63, 3.8) is 0 Å². The second-order valence-corrected chi connectivity index (χ2v) is 9.19. The number of nitrogens with one attached hydrogen (secondary N) is 3. The molecule has 0 bridgehead atoms. The number of tetrazole rings is 1. The molecule has 0 unspecified atom stereocenters. The van der Waals surface area contributed by atoms with E-state index < -0.39 is 6.04 Å². The smallest absolute Gasteiger partial charge is 0.254 e. The number of fused-ring (bicyclic) bond motifs is 1. The van der Waals surface area contributed by atoms with Crippen LogP contribution in [0.15, 0.2) is 61.1 Å². The quantitative estimate of drug-likeness (QED) is 0.220. The summed E-state index contributed by atoms with van der Waals surface area (Å²) >= 11 is 0. The van der Waals surface area contributed by atoms with E-state index in [4.69, 9.17) is 0 Å². The van der Waals surface area contributed by atoms with E-state index in [9.17, 15) is 14.4 Å². The van der Waals surface area contributed by atoms with Gasteiger partial charge in [0.05, 0.1) is 11.3 Å². The first-order valence-electron chi connectivity index (χ1n) is 13.0. The molecule has 0 spiro atoms. The van der Waals surface area contributed by atoms with Gasteiger partial charge in [0, 0.05) is 36.5 Å². The van der Waals surface area contributed by atoms with Gasteiger partial charge in [-0.05, 0) is 53.5 Å². The number of H-pyrrole nitrogens is 1. The van der Waals surface area contributed by atoms with Crippen LogP contribution in [0, 0.1) is 0 Å². The topological polar surface area (TPSA) is 135 Å². The van der Waals surface area contributed by atoms with Crippen molar-refractivity contribution in [2.24, 2.45) is 0 Å². The van der Waals surface area contributed by atoms with Crippen LogP contribution in [0.1, 0.15) is 61.4 Å². The predicted octanol–water partition coefficient (Wildman–Crippen LogP) is 3.53. The van der Waals surface area contributed by atoms with E-state index in [0.717, 1.165) is 29.3 Å². The van der Waals surface area contributed by atoms with Crippen LogP contribution in [0.25, 0.3) is 16.6 Å². The number of amides is 2. The lowest BCUT2D eigenvalue weighted by molar-refractivity contribution is -0.123. The van der Waals surface area contributed by atoms with Crippen molar-refractivity contribution in [3.05, 3.63) is 72.2 Å². The molecule has 4 rings (SSSR count). The van der Waals surface area contributed by atoms with E-state index in [1.807, 2.05) is 31.3 Å². The summed E-state index contributed by atoms with van der Waals surface area (Å²) in [6.45, 7) is 2.31. The number of rotatable bonds is 14. The molecule has 10 nitrogen and oxygen atoms in total. The van der Waals surface area contributed by atoms with E-state index in [1.165, 1.54) is 11.0 Å². The van der Waals surface area contributed by atoms with Gasteiger partial charge in [-0.25, -0.2) is 0 Å². The average molecular weight is 516 g/mol. The predicted molar refractivity (Wildman–Crippen MR) is 144 cm³/mol. The van der Waals surface area contributed by atoms with Crippen molar-refractivity contribution in [3.8, 4) is 5.69 Å². The molecule has 0 aliphatic heterocycles.